The van der Waals surface area contributed by atoms with Gasteiger partial charge in [-0.3, -0.25) is 0 Å². The zero-order valence-electron chi connectivity index (χ0n) is 8.74. The third-order valence-electron chi connectivity index (χ3n) is 3.33. The van der Waals surface area contributed by atoms with E-state index in [1.54, 1.807) is 25.3 Å². The first-order chi connectivity index (χ1) is 6.77. The van der Waals surface area contributed by atoms with Gasteiger partial charge < -0.3 is 5.11 Å². The number of para-hydroxylation sites is 1. The van der Waals surface area contributed by atoms with Gasteiger partial charge in [-0.25, -0.2) is 0 Å². The van der Waals surface area contributed by atoms with Crippen molar-refractivity contribution in [3.8, 4) is 5.75 Å². The van der Waals surface area contributed by atoms with Gasteiger partial charge in [-0.1, -0.05) is 37.5 Å². The summed E-state index contributed by atoms with van der Waals surface area (Å²) in [5.41, 5.74) is 0.924. The number of hydrogen-bond donors (Lipinski definition) is 1. The molecule has 2 aliphatic carbocycles. The lowest BCUT2D eigenvalue weighted by Gasteiger charge is -1.92. The highest BCUT2D eigenvalue weighted by Gasteiger charge is 2.40. The van der Waals surface area contributed by atoms with Crippen molar-refractivity contribution in [1.82, 2.24) is 0 Å². The van der Waals surface area contributed by atoms with E-state index in [4.69, 9.17) is 5.11 Å². The summed E-state index contributed by atoms with van der Waals surface area (Å²) in [5, 5.41) is 8.92. The molecule has 2 saturated carbocycles. The summed E-state index contributed by atoms with van der Waals surface area (Å²) < 4.78 is 0. The number of phenolic OH excluding ortho intramolecular Hbond substituents is 1. The summed E-state index contributed by atoms with van der Waals surface area (Å²) in [6.07, 6.45) is 6.24. The number of benzene rings is 1. The van der Waals surface area contributed by atoms with Gasteiger partial charge in [0.05, 0.1) is 0 Å². The Morgan fingerprint density at radius 3 is 2.07 bits per heavy atom. The molecule has 3 rings (SSSR count). The average molecular weight is 190 g/mol. The van der Waals surface area contributed by atoms with E-state index in [1.807, 2.05) is 25.1 Å². The number of phenols is 1. The number of fused-ring (bicyclic) bond motifs is 1. The maximum Gasteiger partial charge on any atom is 0.118 e. The molecule has 0 amide bonds. The van der Waals surface area contributed by atoms with E-state index in [-0.39, 0.29) is 0 Å². The lowest BCUT2D eigenvalue weighted by atomic mass is 10.2. The van der Waals surface area contributed by atoms with Crippen molar-refractivity contribution in [1.29, 1.82) is 0 Å². The van der Waals surface area contributed by atoms with Crippen molar-refractivity contribution in [3.05, 3.63) is 29.8 Å². The minimum Gasteiger partial charge on any atom is -0.508 e. The third-order valence-corrected chi connectivity index (χ3v) is 3.33. The molecule has 0 bridgehead atoms. The second-order valence-electron chi connectivity index (χ2n) is 4.47. The van der Waals surface area contributed by atoms with Crippen LogP contribution in [-0.4, -0.2) is 5.11 Å². The summed E-state index contributed by atoms with van der Waals surface area (Å²) in [6, 6.07) is 7.25. The molecule has 2 atom stereocenters. The van der Waals surface area contributed by atoms with E-state index >= 15 is 0 Å². The Morgan fingerprint density at radius 2 is 1.79 bits per heavy atom. The van der Waals surface area contributed by atoms with Gasteiger partial charge in [0.25, 0.3) is 0 Å². The van der Waals surface area contributed by atoms with Crippen molar-refractivity contribution in [2.75, 3.05) is 0 Å². The Hall–Kier alpha value is -0.980. The molecule has 0 saturated heterocycles. The smallest absolute Gasteiger partial charge is 0.118 e. The first-order valence-corrected chi connectivity index (χ1v) is 5.52. The Morgan fingerprint density at radius 1 is 1.14 bits per heavy atom. The number of aryl methyl sites for hydroxylation is 1. The second-order valence-corrected chi connectivity index (χ2v) is 4.47. The molecule has 2 unspecified atom stereocenters. The SMILES string of the molecule is C1CC2CC2C1.Cc1ccccc1O. The highest BCUT2D eigenvalue weighted by Crippen LogP contribution is 2.51. The normalized spacial score (nSPS) is 27.5. The fourth-order valence-electron chi connectivity index (χ4n) is 2.22. The van der Waals surface area contributed by atoms with Crippen molar-refractivity contribution in [2.45, 2.75) is 32.6 Å². The van der Waals surface area contributed by atoms with Crippen molar-refractivity contribution in [2.24, 2.45) is 11.8 Å². The Balaban J connectivity index is 0.000000110. The Kier molecular flexibility index (Phi) is 2.76. The van der Waals surface area contributed by atoms with Crippen molar-refractivity contribution in [3.63, 3.8) is 0 Å². The topological polar surface area (TPSA) is 20.2 Å². The van der Waals surface area contributed by atoms with Crippen LogP contribution in [0.15, 0.2) is 24.3 Å². The summed E-state index contributed by atoms with van der Waals surface area (Å²) in [5.74, 6) is 2.79. The summed E-state index contributed by atoms with van der Waals surface area (Å²) >= 11 is 0. The lowest BCUT2D eigenvalue weighted by Crippen LogP contribution is -1.68. The largest absolute Gasteiger partial charge is 0.508 e. The highest BCUT2D eigenvalue weighted by atomic mass is 16.3. The predicted octanol–water partition coefficient (Wildman–Crippen LogP) is 3.51. The molecular formula is C13H18O. The lowest BCUT2D eigenvalue weighted by molar-refractivity contribution is 0.471. The molecule has 2 aliphatic rings. The van der Waals surface area contributed by atoms with Gasteiger partial charge in [-0.15, -0.1) is 0 Å². The molecule has 14 heavy (non-hydrogen) atoms. The van der Waals surface area contributed by atoms with E-state index in [0.29, 0.717) is 5.75 Å². The van der Waals surface area contributed by atoms with Gasteiger partial charge in [0.15, 0.2) is 0 Å². The number of rotatable bonds is 0. The van der Waals surface area contributed by atoms with Gasteiger partial charge in [0.1, 0.15) is 5.75 Å². The summed E-state index contributed by atoms with van der Waals surface area (Å²) in [6.45, 7) is 1.87. The zero-order valence-corrected chi connectivity index (χ0v) is 8.74. The number of aromatic hydroxyl groups is 1. The van der Waals surface area contributed by atoms with Crippen LogP contribution in [-0.2, 0) is 0 Å². The minimum atomic E-state index is 0.368. The predicted molar refractivity (Wildman–Crippen MR) is 58.3 cm³/mol. The third kappa shape index (κ3) is 2.28. The van der Waals surface area contributed by atoms with Crippen LogP contribution in [0.3, 0.4) is 0 Å². The molecule has 1 aromatic carbocycles. The molecule has 0 aliphatic heterocycles. The van der Waals surface area contributed by atoms with Gasteiger partial charge >= 0.3 is 0 Å². The maximum atomic E-state index is 8.92. The molecule has 0 heterocycles. The van der Waals surface area contributed by atoms with Gasteiger partial charge in [0, 0.05) is 0 Å². The van der Waals surface area contributed by atoms with Crippen LogP contribution in [0.5, 0.6) is 5.75 Å². The van der Waals surface area contributed by atoms with Gasteiger partial charge in [-0.2, -0.15) is 0 Å². The van der Waals surface area contributed by atoms with Gasteiger partial charge in [0.2, 0.25) is 0 Å². The highest BCUT2D eigenvalue weighted by molar-refractivity contribution is 5.29. The first-order valence-electron chi connectivity index (χ1n) is 5.52. The van der Waals surface area contributed by atoms with E-state index in [9.17, 15) is 0 Å². The maximum absolute atomic E-state index is 8.92. The van der Waals surface area contributed by atoms with E-state index in [2.05, 4.69) is 0 Å². The monoisotopic (exact) mass is 190 g/mol. The molecule has 0 spiro atoms. The van der Waals surface area contributed by atoms with Crippen LogP contribution < -0.4 is 0 Å². The van der Waals surface area contributed by atoms with E-state index < -0.39 is 0 Å². The van der Waals surface area contributed by atoms with E-state index in [0.717, 1.165) is 5.56 Å². The standard InChI is InChI=1S/C7H8O.C6H10/c1-6-4-2-3-5-7(6)8;1-2-5-4-6(5)3-1/h2-5,8H,1H3;5-6H,1-4H2. The molecule has 2 fully saturated rings. The van der Waals surface area contributed by atoms with Crippen LogP contribution in [0, 0.1) is 18.8 Å². The first kappa shape index (κ1) is 9.57. The van der Waals surface area contributed by atoms with Crippen LogP contribution in [0.25, 0.3) is 0 Å². The average Bonchev–Trinajstić information content (AvgIpc) is 2.80. The molecule has 1 N–H and O–H groups in total. The van der Waals surface area contributed by atoms with Crippen molar-refractivity contribution >= 4 is 0 Å². The second kappa shape index (κ2) is 4.04. The summed E-state index contributed by atoms with van der Waals surface area (Å²) in [4.78, 5) is 0. The Bertz CT molecular complexity index is 277. The van der Waals surface area contributed by atoms with Crippen LogP contribution in [0.2, 0.25) is 0 Å². The fraction of sp³-hybridized carbons (Fsp3) is 0.538. The van der Waals surface area contributed by atoms with Crippen LogP contribution in [0.4, 0.5) is 0 Å². The molecule has 1 heteroatoms. The zero-order chi connectivity index (χ0) is 9.97. The molecule has 0 radical (unpaired) electrons. The Labute approximate surface area is 85.8 Å². The van der Waals surface area contributed by atoms with Crippen LogP contribution >= 0.6 is 0 Å². The molecular weight excluding hydrogens is 172 g/mol. The molecule has 1 nitrogen and oxygen atoms in total. The minimum absolute atomic E-state index is 0.368. The van der Waals surface area contributed by atoms with Crippen molar-refractivity contribution < 1.29 is 5.11 Å². The number of hydrogen-bond acceptors (Lipinski definition) is 1. The fourth-order valence-corrected chi connectivity index (χ4v) is 2.22. The van der Waals surface area contributed by atoms with Crippen LogP contribution in [0.1, 0.15) is 31.2 Å². The molecule has 0 aromatic heterocycles. The molecule has 1 aromatic rings. The van der Waals surface area contributed by atoms with E-state index in [1.165, 1.54) is 18.3 Å². The molecule has 76 valence electrons. The summed E-state index contributed by atoms with van der Waals surface area (Å²) in [7, 11) is 0. The van der Waals surface area contributed by atoms with Gasteiger partial charge in [-0.05, 0) is 36.8 Å². The quantitative estimate of drug-likeness (QED) is 0.663.